The second kappa shape index (κ2) is 8.79. The maximum Gasteiger partial charge on any atom is 0.255 e. The third kappa shape index (κ3) is 4.78. The molecule has 0 saturated carbocycles. The van der Waals surface area contributed by atoms with Crippen molar-refractivity contribution in [2.45, 2.75) is 25.9 Å². The number of imide groups is 1. The highest BCUT2D eigenvalue weighted by molar-refractivity contribution is 6.04. The van der Waals surface area contributed by atoms with Gasteiger partial charge in [-0.3, -0.25) is 24.1 Å². The first-order chi connectivity index (χ1) is 15.0. The monoisotopic (exact) mass is 415 g/mol. The number of pyridine rings is 1. The molecule has 1 fully saturated rings. The molecule has 3 aromatic rings. The summed E-state index contributed by atoms with van der Waals surface area (Å²) in [6, 6.07) is 19.2. The molecule has 0 bridgehead atoms. The molecule has 1 aliphatic rings. The topological polar surface area (TPSA) is 88.5 Å². The largest absolute Gasteiger partial charge is 0.322 e. The standard InChI is InChI=1S/C24H21N3O4/c28-21-3-1-2-14-26(21)15-17-6-10-20(11-7-17)25-24(31)19-8-4-18(5-9-19)16-27-22(29)12-13-23(27)30/h1-11,14H,12-13,15-16H2,(H,25,31). The highest BCUT2D eigenvalue weighted by Gasteiger charge is 2.28. The first kappa shape index (κ1) is 20.3. The van der Waals surface area contributed by atoms with Crippen LogP contribution in [0.15, 0.2) is 77.7 Å². The number of benzene rings is 2. The lowest BCUT2D eigenvalue weighted by molar-refractivity contribution is -0.139. The Bertz CT molecular complexity index is 1160. The molecule has 2 heterocycles. The summed E-state index contributed by atoms with van der Waals surface area (Å²) in [5.41, 5.74) is 2.79. The van der Waals surface area contributed by atoms with E-state index in [4.69, 9.17) is 0 Å². The Morgan fingerprint density at radius 2 is 1.39 bits per heavy atom. The summed E-state index contributed by atoms with van der Waals surface area (Å²) in [5.74, 6) is -0.577. The van der Waals surface area contributed by atoms with Crippen molar-refractivity contribution in [3.05, 3.63) is 100.0 Å². The number of carbonyl (C=O) groups excluding carboxylic acids is 3. The molecule has 1 aromatic heterocycles. The summed E-state index contributed by atoms with van der Waals surface area (Å²) >= 11 is 0. The van der Waals surface area contributed by atoms with Crippen LogP contribution < -0.4 is 10.9 Å². The summed E-state index contributed by atoms with van der Waals surface area (Å²) in [7, 11) is 0. The maximum atomic E-state index is 12.5. The van der Waals surface area contributed by atoms with Crippen LogP contribution in [0.1, 0.15) is 34.3 Å². The molecular weight excluding hydrogens is 394 g/mol. The van der Waals surface area contributed by atoms with Gasteiger partial charge in [0.15, 0.2) is 0 Å². The van der Waals surface area contributed by atoms with Crippen LogP contribution in [0.3, 0.4) is 0 Å². The minimum Gasteiger partial charge on any atom is -0.322 e. The lowest BCUT2D eigenvalue weighted by Crippen LogP contribution is -2.28. The molecule has 0 radical (unpaired) electrons. The number of likely N-dealkylation sites (tertiary alicyclic amines) is 1. The minimum atomic E-state index is -0.257. The molecule has 156 valence electrons. The second-order valence-corrected chi connectivity index (χ2v) is 7.39. The smallest absolute Gasteiger partial charge is 0.255 e. The third-order valence-corrected chi connectivity index (χ3v) is 5.18. The number of nitrogens with one attached hydrogen (secondary N) is 1. The van der Waals surface area contributed by atoms with Crippen LogP contribution in [0.2, 0.25) is 0 Å². The first-order valence-corrected chi connectivity index (χ1v) is 9.97. The van der Waals surface area contributed by atoms with Crippen LogP contribution in [0.5, 0.6) is 0 Å². The molecule has 0 atom stereocenters. The Kier molecular flexibility index (Phi) is 5.75. The molecular formula is C24H21N3O4. The van der Waals surface area contributed by atoms with E-state index in [0.717, 1.165) is 11.1 Å². The quantitative estimate of drug-likeness (QED) is 0.627. The SMILES string of the molecule is O=C(Nc1ccc(Cn2ccccc2=O)cc1)c1ccc(CN2C(=O)CCC2=O)cc1. The Balaban J connectivity index is 1.36. The van der Waals surface area contributed by atoms with E-state index in [2.05, 4.69) is 5.32 Å². The van der Waals surface area contributed by atoms with E-state index in [-0.39, 0.29) is 42.7 Å². The zero-order valence-electron chi connectivity index (χ0n) is 16.8. The molecule has 1 saturated heterocycles. The van der Waals surface area contributed by atoms with Gasteiger partial charge in [-0.25, -0.2) is 0 Å². The predicted molar refractivity (Wildman–Crippen MR) is 115 cm³/mol. The van der Waals surface area contributed by atoms with Crippen LogP contribution in [-0.4, -0.2) is 27.2 Å². The molecule has 0 unspecified atom stereocenters. The fourth-order valence-corrected chi connectivity index (χ4v) is 3.43. The van der Waals surface area contributed by atoms with E-state index in [0.29, 0.717) is 17.8 Å². The van der Waals surface area contributed by atoms with Crippen molar-refractivity contribution in [3.8, 4) is 0 Å². The first-order valence-electron chi connectivity index (χ1n) is 9.97. The van der Waals surface area contributed by atoms with Crippen molar-refractivity contribution in [1.29, 1.82) is 0 Å². The number of rotatable bonds is 6. The van der Waals surface area contributed by atoms with Gasteiger partial charge in [0.1, 0.15) is 0 Å². The van der Waals surface area contributed by atoms with Crippen molar-refractivity contribution in [1.82, 2.24) is 9.47 Å². The fourth-order valence-electron chi connectivity index (χ4n) is 3.43. The molecule has 2 aromatic carbocycles. The van der Waals surface area contributed by atoms with Crippen LogP contribution >= 0.6 is 0 Å². The van der Waals surface area contributed by atoms with Crippen LogP contribution in [0.4, 0.5) is 5.69 Å². The van der Waals surface area contributed by atoms with Gasteiger partial charge in [0.2, 0.25) is 11.8 Å². The highest BCUT2D eigenvalue weighted by atomic mass is 16.2. The van der Waals surface area contributed by atoms with Gasteiger partial charge in [0.25, 0.3) is 11.5 Å². The summed E-state index contributed by atoms with van der Waals surface area (Å²) in [6.07, 6.45) is 2.26. The Labute approximate surface area is 178 Å². The Morgan fingerprint density at radius 1 is 0.774 bits per heavy atom. The fraction of sp³-hybridized carbons (Fsp3) is 0.167. The molecule has 0 aliphatic carbocycles. The van der Waals surface area contributed by atoms with Gasteiger partial charge in [0, 0.05) is 36.4 Å². The van der Waals surface area contributed by atoms with E-state index in [9.17, 15) is 19.2 Å². The summed E-state index contributed by atoms with van der Waals surface area (Å²) in [6.45, 7) is 0.683. The van der Waals surface area contributed by atoms with E-state index < -0.39 is 0 Å². The molecule has 31 heavy (non-hydrogen) atoms. The molecule has 1 N–H and O–H groups in total. The minimum absolute atomic E-state index is 0.0678. The van der Waals surface area contributed by atoms with E-state index in [1.165, 1.54) is 11.0 Å². The van der Waals surface area contributed by atoms with Gasteiger partial charge in [-0.15, -0.1) is 0 Å². The number of aromatic nitrogens is 1. The third-order valence-electron chi connectivity index (χ3n) is 5.18. The average molecular weight is 415 g/mol. The molecule has 0 spiro atoms. The zero-order valence-corrected chi connectivity index (χ0v) is 16.8. The molecule has 7 nitrogen and oxygen atoms in total. The van der Waals surface area contributed by atoms with Crippen molar-refractivity contribution in [2.24, 2.45) is 0 Å². The number of hydrogen-bond acceptors (Lipinski definition) is 4. The van der Waals surface area contributed by atoms with Crippen molar-refractivity contribution < 1.29 is 14.4 Å². The van der Waals surface area contributed by atoms with Crippen LogP contribution in [-0.2, 0) is 22.7 Å². The zero-order chi connectivity index (χ0) is 21.8. The number of hydrogen-bond donors (Lipinski definition) is 1. The van der Waals surface area contributed by atoms with Gasteiger partial charge in [-0.1, -0.05) is 30.3 Å². The van der Waals surface area contributed by atoms with Gasteiger partial charge >= 0.3 is 0 Å². The van der Waals surface area contributed by atoms with E-state index >= 15 is 0 Å². The number of nitrogens with zero attached hydrogens (tertiary/aromatic N) is 2. The van der Waals surface area contributed by atoms with Gasteiger partial charge in [0.05, 0.1) is 13.1 Å². The molecule has 7 heteroatoms. The average Bonchev–Trinajstić information content (AvgIpc) is 3.09. The maximum absolute atomic E-state index is 12.5. The Morgan fingerprint density at radius 3 is 2.03 bits per heavy atom. The summed E-state index contributed by atoms with van der Waals surface area (Å²) in [5, 5.41) is 2.84. The van der Waals surface area contributed by atoms with Crippen molar-refractivity contribution in [2.75, 3.05) is 5.32 Å². The number of anilines is 1. The molecule has 1 aliphatic heterocycles. The van der Waals surface area contributed by atoms with Crippen LogP contribution in [0.25, 0.3) is 0 Å². The lowest BCUT2D eigenvalue weighted by Gasteiger charge is -2.14. The highest BCUT2D eigenvalue weighted by Crippen LogP contribution is 2.17. The summed E-state index contributed by atoms with van der Waals surface area (Å²) in [4.78, 5) is 49.1. The van der Waals surface area contributed by atoms with Gasteiger partial charge in [-0.05, 0) is 41.5 Å². The predicted octanol–water partition coefficient (Wildman–Crippen LogP) is 2.80. The summed E-state index contributed by atoms with van der Waals surface area (Å²) < 4.78 is 1.61. The van der Waals surface area contributed by atoms with E-state index in [1.807, 2.05) is 18.2 Å². The normalized spacial score (nSPS) is 13.5. The van der Waals surface area contributed by atoms with Crippen LogP contribution in [0, 0.1) is 0 Å². The molecule has 4 rings (SSSR count). The number of carbonyl (C=O) groups is 3. The van der Waals surface area contributed by atoms with Gasteiger partial charge < -0.3 is 9.88 Å². The Hall–Kier alpha value is -4.00. The lowest BCUT2D eigenvalue weighted by atomic mass is 10.1. The van der Waals surface area contributed by atoms with E-state index in [1.54, 1.807) is 53.2 Å². The second-order valence-electron chi connectivity index (χ2n) is 7.39. The van der Waals surface area contributed by atoms with Crippen molar-refractivity contribution in [3.63, 3.8) is 0 Å². The van der Waals surface area contributed by atoms with Gasteiger partial charge in [-0.2, -0.15) is 0 Å². The van der Waals surface area contributed by atoms with Crippen molar-refractivity contribution >= 4 is 23.4 Å². The number of amides is 3. The molecule has 3 amide bonds.